The molecular weight excluding hydrogens is 1110 g/mol. The Morgan fingerprint density at radius 3 is 1.28 bits per heavy atom. The zero-order valence-corrected chi connectivity index (χ0v) is 58.5. The van der Waals surface area contributed by atoms with E-state index in [4.69, 9.17) is 0 Å². The van der Waals surface area contributed by atoms with Crippen LogP contribution in [-0.4, -0.2) is 0 Å². The van der Waals surface area contributed by atoms with Crippen LogP contribution in [0.4, 0.5) is 4.39 Å². The third-order valence-corrected chi connectivity index (χ3v) is 22.2. The first-order valence-corrected chi connectivity index (χ1v) is 36.1. The monoisotopic (exact) mass is 1220 g/mol. The van der Waals surface area contributed by atoms with Crippen LogP contribution in [0.1, 0.15) is 238 Å². The first-order chi connectivity index (χ1) is 44.3. The van der Waals surface area contributed by atoms with E-state index in [1.54, 1.807) is 36.1 Å². The summed E-state index contributed by atoms with van der Waals surface area (Å²) in [4.78, 5) is 0. The van der Waals surface area contributed by atoms with E-state index in [9.17, 15) is 4.39 Å². The van der Waals surface area contributed by atoms with Crippen LogP contribution in [0, 0.1) is 91.8 Å². The first kappa shape index (κ1) is 66.6. The normalized spacial score (nSPS) is 20.9. The maximum absolute atomic E-state index is 12.9. The zero-order valence-electron chi connectivity index (χ0n) is 58.5. The molecule has 0 aliphatic heterocycles. The van der Waals surface area contributed by atoms with Gasteiger partial charge >= 0.3 is 0 Å². The Hall–Kier alpha value is -6.83. The van der Waals surface area contributed by atoms with Crippen LogP contribution in [0.5, 0.6) is 0 Å². The highest BCUT2D eigenvalue weighted by Crippen LogP contribution is 2.55. The molecule has 92 heavy (non-hydrogen) atoms. The van der Waals surface area contributed by atoms with E-state index < -0.39 is 0 Å². The molecule has 16 rings (SSSR count). The van der Waals surface area contributed by atoms with E-state index in [-0.39, 0.29) is 11.2 Å². The van der Waals surface area contributed by atoms with Crippen LogP contribution in [0.2, 0.25) is 0 Å². The van der Waals surface area contributed by atoms with Crippen LogP contribution in [0.3, 0.4) is 0 Å². The highest BCUT2D eigenvalue weighted by atomic mass is 19.1. The molecule has 6 unspecified atom stereocenters. The van der Waals surface area contributed by atoms with Crippen LogP contribution in [-0.2, 0) is 5.41 Å². The summed E-state index contributed by atoms with van der Waals surface area (Å²) in [7, 11) is 0. The fraction of sp³-hybridized carbons (Fsp3) is 0.429. The molecule has 0 saturated heterocycles. The number of hydrogen-bond acceptors (Lipinski definition) is 0. The highest BCUT2D eigenvalue weighted by molar-refractivity contribution is 5.89. The van der Waals surface area contributed by atoms with Crippen molar-refractivity contribution in [3.05, 3.63) is 260 Å². The molecule has 480 valence electrons. The molecule has 4 bridgehead atoms. The van der Waals surface area contributed by atoms with Crippen LogP contribution in [0.25, 0.3) is 43.1 Å². The van der Waals surface area contributed by atoms with Crippen LogP contribution < -0.4 is 0 Å². The van der Waals surface area contributed by atoms with E-state index >= 15 is 0 Å². The molecule has 6 aliphatic rings. The van der Waals surface area contributed by atoms with Crippen molar-refractivity contribution in [3.8, 4) is 0 Å². The van der Waals surface area contributed by atoms with Crippen molar-refractivity contribution >= 4 is 43.1 Å². The van der Waals surface area contributed by atoms with E-state index in [0.29, 0.717) is 0 Å². The van der Waals surface area contributed by atoms with Gasteiger partial charge in [-0.2, -0.15) is 0 Å². The maximum atomic E-state index is 12.9. The molecular formula is C91H109F. The summed E-state index contributed by atoms with van der Waals surface area (Å²) < 4.78 is 12.9. The second kappa shape index (κ2) is 30.1. The van der Waals surface area contributed by atoms with Crippen LogP contribution >= 0.6 is 0 Å². The summed E-state index contributed by atoms with van der Waals surface area (Å²) in [5.74, 6) is 7.32. The molecule has 0 radical (unpaired) electrons. The summed E-state index contributed by atoms with van der Waals surface area (Å²) in [5.41, 5.74) is 19.1. The number of hydrogen-bond donors (Lipinski definition) is 0. The van der Waals surface area contributed by atoms with Crippen molar-refractivity contribution in [2.45, 2.75) is 228 Å². The van der Waals surface area contributed by atoms with Gasteiger partial charge in [0.1, 0.15) is 5.82 Å². The molecule has 0 aromatic heterocycles. The summed E-state index contributed by atoms with van der Waals surface area (Å²) in [5, 5.41) is 11.4. The summed E-state index contributed by atoms with van der Waals surface area (Å²) in [6, 6.07) is 65.0. The Kier molecular flexibility index (Phi) is 21.8. The molecule has 6 atom stereocenters. The number of halogens is 1. The van der Waals surface area contributed by atoms with Gasteiger partial charge in [0.2, 0.25) is 0 Å². The van der Waals surface area contributed by atoms with Gasteiger partial charge in [-0.25, -0.2) is 4.39 Å². The lowest BCUT2D eigenvalue weighted by molar-refractivity contribution is 0.420. The minimum absolute atomic E-state index is 0.0781. The first-order valence-electron chi connectivity index (χ1n) is 36.1. The topological polar surface area (TPSA) is 0 Å². The lowest BCUT2D eigenvalue weighted by atomic mass is 9.81. The van der Waals surface area contributed by atoms with Crippen molar-refractivity contribution < 1.29 is 4.39 Å². The van der Waals surface area contributed by atoms with E-state index in [2.05, 4.69) is 226 Å². The quantitative estimate of drug-likeness (QED) is 0.165. The maximum Gasteiger partial charge on any atom is 0.129 e. The molecule has 0 spiro atoms. The molecule has 0 heterocycles. The second-order valence-corrected chi connectivity index (χ2v) is 30.9. The fourth-order valence-corrected chi connectivity index (χ4v) is 17.9. The van der Waals surface area contributed by atoms with Gasteiger partial charge < -0.3 is 0 Å². The number of benzene rings is 10. The van der Waals surface area contributed by atoms with Gasteiger partial charge in [0, 0.05) is 0 Å². The van der Waals surface area contributed by atoms with Gasteiger partial charge in [-0.3, -0.25) is 0 Å². The Morgan fingerprint density at radius 2 is 0.761 bits per heavy atom. The molecule has 6 fully saturated rings. The van der Waals surface area contributed by atoms with Crippen molar-refractivity contribution in [1.29, 1.82) is 0 Å². The smallest absolute Gasteiger partial charge is 0.129 e. The van der Waals surface area contributed by atoms with Gasteiger partial charge in [-0.05, 0) is 261 Å². The molecule has 10 aromatic carbocycles. The van der Waals surface area contributed by atoms with Gasteiger partial charge in [-0.1, -0.05) is 287 Å². The average molecular weight is 1220 g/mol. The third kappa shape index (κ3) is 16.4. The van der Waals surface area contributed by atoms with Crippen molar-refractivity contribution in [2.75, 3.05) is 0 Å². The predicted molar refractivity (Wildman–Crippen MR) is 398 cm³/mol. The minimum Gasteiger partial charge on any atom is -0.206 e. The fourth-order valence-electron chi connectivity index (χ4n) is 17.9. The van der Waals surface area contributed by atoms with Gasteiger partial charge in [-0.15, -0.1) is 0 Å². The zero-order chi connectivity index (χ0) is 64.6. The van der Waals surface area contributed by atoms with Gasteiger partial charge in [0.15, 0.2) is 0 Å². The molecule has 6 saturated carbocycles. The Balaban J connectivity index is 0.000000114. The molecule has 6 aliphatic carbocycles. The van der Waals surface area contributed by atoms with Crippen LogP contribution in [0.15, 0.2) is 176 Å². The SMILES string of the molecule is Cc1cc(C)c(F)c(C)c1.Cc1cc(C)cc(C2CC3CCC2C3)c1.Cc1cc(C2CC3CCC2C3)c2ccccc2c1.Cc1cc(C2CCCCC2)c2ccccc2c1.Cc1ccc2cccc(C(C)(C)C)c2c1.Cc1ccc2cccc(C3CCCCC3)c2c1. The second-order valence-electron chi connectivity index (χ2n) is 30.9. The standard InChI is InChI=1S/C18H20.2C17H20.C15H20.C15H18.C9H11F/c1-12-8-14-4-2-3-5-16(14)18(9-12)17-11-13-6-7-15(17)10-13;1-13-11-15-9-5-6-10-16(15)17(12-13)14-7-3-2-4-8-14;1-13-10-11-15-8-5-9-16(17(15)12-13)14-6-3-2-4-7-14;1-10-5-11(2)7-14(6-10)15-9-12-3-4-13(15)8-12;1-11-8-9-12-6-5-7-14(13(12)10-11)15(2,3)4;1-6-4-7(2)9(10)8(3)5-6/h2-5,8-9,13,15,17H,6-7,10-11H2,1H3;5-6,9-12,14H,2-4,7-8H2,1H3;5,8-12,14H,2-4,6-7H2,1H3;5-7,12-13,15H,3-4,8-9H2,1-2H3;5-10H,1-4H3;4-5H,1-3H3. The summed E-state index contributed by atoms with van der Waals surface area (Å²) in [6.45, 7) is 25.6. The van der Waals surface area contributed by atoms with E-state index in [0.717, 1.165) is 64.0 Å². The van der Waals surface area contributed by atoms with Crippen molar-refractivity contribution in [3.63, 3.8) is 0 Å². The Morgan fingerprint density at radius 1 is 0.315 bits per heavy atom. The lowest BCUT2D eigenvalue weighted by Gasteiger charge is -2.24. The Bertz CT molecular complexity index is 4070. The largest absolute Gasteiger partial charge is 0.206 e. The van der Waals surface area contributed by atoms with Crippen molar-refractivity contribution in [1.82, 2.24) is 0 Å². The van der Waals surface area contributed by atoms with Crippen molar-refractivity contribution in [2.24, 2.45) is 23.7 Å². The van der Waals surface area contributed by atoms with Gasteiger partial charge in [0.05, 0.1) is 0 Å². The molecule has 10 aromatic rings. The minimum atomic E-state index is -0.0781. The third-order valence-electron chi connectivity index (χ3n) is 22.2. The average Bonchev–Trinajstić information content (AvgIpc) is 1.45. The van der Waals surface area contributed by atoms with E-state index in [1.807, 2.05) is 19.1 Å². The Labute approximate surface area is 555 Å². The predicted octanol–water partition coefficient (Wildman–Crippen LogP) is 26.8. The van der Waals surface area contributed by atoms with E-state index in [1.165, 1.54) is 198 Å². The molecule has 0 N–H and O–H groups in total. The number of rotatable bonds is 4. The lowest BCUT2D eigenvalue weighted by Crippen LogP contribution is -2.11. The number of aryl methyl sites for hydroxylation is 9. The summed E-state index contributed by atoms with van der Waals surface area (Å²) >= 11 is 0. The molecule has 1 heteroatoms. The summed E-state index contributed by atoms with van der Waals surface area (Å²) in [6.07, 6.45) is 25.9. The number of fused-ring (bicyclic) bond motifs is 8. The highest BCUT2D eigenvalue weighted by Gasteiger charge is 2.41. The molecule has 0 nitrogen and oxygen atoms in total. The van der Waals surface area contributed by atoms with Gasteiger partial charge in [0.25, 0.3) is 0 Å². The molecule has 0 amide bonds.